The minimum Gasteiger partial charge on any atom is -0.373 e. The molecule has 0 bridgehead atoms. The van der Waals surface area contributed by atoms with E-state index in [0.717, 1.165) is 16.6 Å². The van der Waals surface area contributed by atoms with Gasteiger partial charge in [0.15, 0.2) is 5.82 Å². The van der Waals surface area contributed by atoms with E-state index in [4.69, 9.17) is 0 Å². The molecular formula is C14H12FN3S. The highest BCUT2D eigenvalue weighted by molar-refractivity contribution is 7.08. The van der Waals surface area contributed by atoms with Crippen molar-refractivity contribution in [1.82, 2.24) is 9.97 Å². The second kappa shape index (κ2) is 4.59. The van der Waals surface area contributed by atoms with Gasteiger partial charge in [-0.2, -0.15) is 11.3 Å². The van der Waals surface area contributed by atoms with Gasteiger partial charge in [0.05, 0.1) is 5.52 Å². The first-order chi connectivity index (χ1) is 9.19. The number of rotatable bonds is 2. The number of aromatic nitrogens is 2. The van der Waals surface area contributed by atoms with Crippen molar-refractivity contribution in [2.24, 2.45) is 0 Å². The van der Waals surface area contributed by atoms with Crippen molar-refractivity contribution in [2.45, 2.75) is 6.92 Å². The molecule has 1 aromatic carbocycles. The van der Waals surface area contributed by atoms with Crippen LogP contribution < -0.4 is 5.32 Å². The zero-order chi connectivity index (χ0) is 13.4. The summed E-state index contributed by atoms with van der Waals surface area (Å²) >= 11 is 1.62. The fraction of sp³-hybridized carbons (Fsp3) is 0.143. The molecule has 3 nitrogen and oxygen atoms in total. The van der Waals surface area contributed by atoms with E-state index < -0.39 is 0 Å². The molecule has 1 N–H and O–H groups in total. The SMILES string of the molecule is CNc1nc(-c2cscc2C)nc2ccc(F)cc12. The fourth-order valence-corrected chi connectivity index (χ4v) is 2.83. The lowest BCUT2D eigenvalue weighted by Crippen LogP contribution is -1.99. The van der Waals surface area contributed by atoms with Crippen molar-refractivity contribution in [3.05, 3.63) is 40.3 Å². The normalized spacial score (nSPS) is 10.9. The molecule has 0 fully saturated rings. The average Bonchev–Trinajstić information content (AvgIpc) is 2.84. The van der Waals surface area contributed by atoms with Crippen LogP contribution in [0.2, 0.25) is 0 Å². The molecule has 3 rings (SSSR count). The molecule has 0 atom stereocenters. The van der Waals surface area contributed by atoms with Crippen LogP contribution in [0.1, 0.15) is 5.56 Å². The van der Waals surface area contributed by atoms with Crippen LogP contribution in [-0.4, -0.2) is 17.0 Å². The molecule has 0 radical (unpaired) electrons. The third kappa shape index (κ3) is 2.06. The standard InChI is InChI=1S/C14H12FN3S/c1-8-6-19-7-11(8)14-17-12-4-3-9(15)5-10(12)13(16-2)18-14/h3-7H,1-2H3,(H,16,17,18). The van der Waals surface area contributed by atoms with E-state index in [0.29, 0.717) is 17.0 Å². The van der Waals surface area contributed by atoms with E-state index in [1.54, 1.807) is 24.5 Å². The summed E-state index contributed by atoms with van der Waals surface area (Å²) in [6.07, 6.45) is 0. The zero-order valence-electron chi connectivity index (χ0n) is 10.6. The summed E-state index contributed by atoms with van der Waals surface area (Å²) in [5.74, 6) is 1.03. The molecule has 0 unspecified atom stereocenters. The molecule has 0 saturated carbocycles. The largest absolute Gasteiger partial charge is 0.373 e. The predicted octanol–water partition coefficient (Wildman–Crippen LogP) is 3.85. The molecule has 19 heavy (non-hydrogen) atoms. The van der Waals surface area contributed by atoms with Crippen LogP contribution >= 0.6 is 11.3 Å². The Morgan fingerprint density at radius 1 is 1.21 bits per heavy atom. The first kappa shape index (κ1) is 12.0. The Morgan fingerprint density at radius 3 is 2.74 bits per heavy atom. The number of nitrogens with one attached hydrogen (secondary N) is 1. The van der Waals surface area contributed by atoms with Crippen molar-refractivity contribution in [3.63, 3.8) is 0 Å². The van der Waals surface area contributed by atoms with E-state index >= 15 is 0 Å². The third-order valence-electron chi connectivity index (χ3n) is 2.99. The molecule has 0 aliphatic rings. The summed E-state index contributed by atoms with van der Waals surface area (Å²) < 4.78 is 13.3. The first-order valence-corrected chi connectivity index (χ1v) is 6.81. The first-order valence-electron chi connectivity index (χ1n) is 5.87. The maximum absolute atomic E-state index is 13.3. The monoisotopic (exact) mass is 273 g/mol. The van der Waals surface area contributed by atoms with Gasteiger partial charge in [-0.25, -0.2) is 14.4 Å². The van der Waals surface area contributed by atoms with Crippen LogP contribution in [0.5, 0.6) is 0 Å². The lowest BCUT2D eigenvalue weighted by atomic mass is 10.2. The third-order valence-corrected chi connectivity index (χ3v) is 3.85. The number of benzene rings is 1. The summed E-state index contributed by atoms with van der Waals surface area (Å²) in [5.41, 5.74) is 2.91. The Kier molecular flexibility index (Phi) is 2.91. The Bertz CT molecular complexity index is 752. The number of thiophene rings is 1. The Morgan fingerprint density at radius 2 is 2.05 bits per heavy atom. The van der Waals surface area contributed by atoms with Gasteiger partial charge in [0.2, 0.25) is 0 Å². The maximum Gasteiger partial charge on any atom is 0.163 e. The molecule has 96 valence electrons. The van der Waals surface area contributed by atoms with E-state index in [1.807, 2.05) is 12.3 Å². The molecule has 2 heterocycles. The molecule has 3 aromatic rings. The Labute approximate surface area is 114 Å². The van der Waals surface area contributed by atoms with E-state index in [2.05, 4.69) is 20.7 Å². The molecule has 0 amide bonds. The number of anilines is 1. The second-order valence-corrected chi connectivity index (χ2v) is 5.02. The van der Waals surface area contributed by atoms with Crippen LogP contribution in [0.4, 0.5) is 10.2 Å². The number of halogens is 1. The highest BCUT2D eigenvalue weighted by Crippen LogP contribution is 2.28. The number of hydrogen-bond acceptors (Lipinski definition) is 4. The molecule has 0 spiro atoms. The van der Waals surface area contributed by atoms with Gasteiger partial charge in [-0.15, -0.1) is 0 Å². The van der Waals surface area contributed by atoms with E-state index in [-0.39, 0.29) is 5.82 Å². The zero-order valence-corrected chi connectivity index (χ0v) is 11.4. The van der Waals surface area contributed by atoms with Gasteiger partial charge >= 0.3 is 0 Å². The minimum atomic E-state index is -0.285. The molecule has 0 saturated heterocycles. The van der Waals surface area contributed by atoms with Gasteiger partial charge in [0, 0.05) is 23.4 Å². The van der Waals surface area contributed by atoms with Gasteiger partial charge < -0.3 is 5.32 Å². The minimum absolute atomic E-state index is 0.285. The summed E-state index contributed by atoms with van der Waals surface area (Å²) in [7, 11) is 1.77. The number of fused-ring (bicyclic) bond motifs is 1. The quantitative estimate of drug-likeness (QED) is 0.770. The molecule has 2 aromatic heterocycles. The maximum atomic E-state index is 13.3. The molecule has 0 aliphatic heterocycles. The smallest absolute Gasteiger partial charge is 0.163 e. The highest BCUT2D eigenvalue weighted by atomic mass is 32.1. The van der Waals surface area contributed by atoms with Gasteiger partial charge in [0.1, 0.15) is 11.6 Å². The Balaban J connectivity index is 2.29. The van der Waals surface area contributed by atoms with Crippen LogP contribution in [0.3, 0.4) is 0 Å². The van der Waals surface area contributed by atoms with Gasteiger partial charge in [-0.3, -0.25) is 0 Å². The summed E-state index contributed by atoms with van der Waals surface area (Å²) in [4.78, 5) is 9.00. The summed E-state index contributed by atoms with van der Waals surface area (Å²) in [5, 5.41) is 7.79. The van der Waals surface area contributed by atoms with Gasteiger partial charge in [-0.1, -0.05) is 0 Å². The van der Waals surface area contributed by atoms with Gasteiger partial charge in [-0.05, 0) is 36.1 Å². The topological polar surface area (TPSA) is 37.8 Å². The van der Waals surface area contributed by atoms with Crippen molar-refractivity contribution >= 4 is 28.1 Å². The van der Waals surface area contributed by atoms with Crippen LogP contribution in [-0.2, 0) is 0 Å². The van der Waals surface area contributed by atoms with Crippen LogP contribution in [0.25, 0.3) is 22.3 Å². The lowest BCUT2D eigenvalue weighted by molar-refractivity contribution is 0.629. The van der Waals surface area contributed by atoms with Crippen molar-refractivity contribution in [3.8, 4) is 11.4 Å². The molecule has 5 heteroatoms. The highest BCUT2D eigenvalue weighted by Gasteiger charge is 2.11. The van der Waals surface area contributed by atoms with E-state index in [1.165, 1.54) is 12.1 Å². The van der Waals surface area contributed by atoms with Crippen molar-refractivity contribution < 1.29 is 4.39 Å². The van der Waals surface area contributed by atoms with Crippen molar-refractivity contribution in [2.75, 3.05) is 12.4 Å². The summed E-state index contributed by atoms with van der Waals surface area (Å²) in [6.45, 7) is 2.03. The average molecular weight is 273 g/mol. The number of aryl methyl sites for hydroxylation is 1. The Hall–Kier alpha value is -2.01. The fourth-order valence-electron chi connectivity index (χ4n) is 2.00. The lowest BCUT2D eigenvalue weighted by Gasteiger charge is -2.08. The molecular weight excluding hydrogens is 261 g/mol. The van der Waals surface area contributed by atoms with Crippen LogP contribution in [0, 0.1) is 12.7 Å². The molecule has 0 aliphatic carbocycles. The van der Waals surface area contributed by atoms with Gasteiger partial charge in [0.25, 0.3) is 0 Å². The number of nitrogens with zero attached hydrogens (tertiary/aromatic N) is 2. The van der Waals surface area contributed by atoms with E-state index in [9.17, 15) is 4.39 Å². The van der Waals surface area contributed by atoms with Crippen molar-refractivity contribution in [1.29, 1.82) is 0 Å². The predicted molar refractivity (Wildman–Crippen MR) is 77.1 cm³/mol. The second-order valence-electron chi connectivity index (χ2n) is 4.28. The number of hydrogen-bond donors (Lipinski definition) is 1. The summed E-state index contributed by atoms with van der Waals surface area (Å²) in [6, 6.07) is 4.54. The van der Waals surface area contributed by atoms with Crippen LogP contribution in [0.15, 0.2) is 29.0 Å².